The van der Waals surface area contributed by atoms with Gasteiger partial charge in [0.15, 0.2) is 0 Å². The van der Waals surface area contributed by atoms with Crippen LogP contribution in [0.3, 0.4) is 0 Å². The van der Waals surface area contributed by atoms with E-state index in [2.05, 4.69) is 20.7 Å². The van der Waals surface area contributed by atoms with Crippen molar-refractivity contribution in [1.82, 2.24) is 4.98 Å². The summed E-state index contributed by atoms with van der Waals surface area (Å²) in [6, 6.07) is 17.0. The fourth-order valence-electron chi connectivity index (χ4n) is 2.18. The van der Waals surface area contributed by atoms with E-state index in [0.717, 1.165) is 5.56 Å². The number of nitrogens with one attached hydrogen (secondary N) is 1. The van der Waals surface area contributed by atoms with Crippen molar-refractivity contribution in [2.75, 3.05) is 5.48 Å². The molecular weight excluding hydrogens is 344 g/mol. The van der Waals surface area contributed by atoms with Crippen LogP contribution in [-0.4, -0.2) is 16.9 Å². The van der Waals surface area contributed by atoms with E-state index in [1.54, 1.807) is 60.8 Å². The second kappa shape index (κ2) is 8.48. The first kappa shape index (κ1) is 17.9. The van der Waals surface area contributed by atoms with E-state index in [-0.39, 0.29) is 0 Å². The second-order valence-corrected chi connectivity index (χ2v) is 5.65. The van der Waals surface area contributed by atoms with Gasteiger partial charge in [0.05, 0.1) is 22.5 Å². The molecule has 1 aromatic heterocycles. The molecule has 1 N–H and O–H groups in total. The Morgan fingerprint density at radius 2 is 1.78 bits per heavy atom. The van der Waals surface area contributed by atoms with Gasteiger partial charge in [0.2, 0.25) is 0 Å². The highest BCUT2D eigenvalue weighted by atomic mass is 16.7. The van der Waals surface area contributed by atoms with E-state index in [1.807, 2.05) is 13.0 Å². The Labute approximate surface area is 155 Å². The lowest BCUT2D eigenvalue weighted by Crippen LogP contribution is -2.10. The third kappa shape index (κ3) is 5.05. The Balaban J connectivity index is 1.56. The summed E-state index contributed by atoms with van der Waals surface area (Å²) in [5.74, 6) is -0.957. The first-order valence-corrected chi connectivity index (χ1v) is 8.12. The Morgan fingerprint density at radius 1 is 1.00 bits per heavy atom. The highest BCUT2D eigenvalue weighted by Gasteiger charge is 2.07. The monoisotopic (exact) mass is 360 g/mol. The van der Waals surface area contributed by atoms with Gasteiger partial charge in [-0.15, -0.1) is 10.2 Å². The Morgan fingerprint density at radius 3 is 2.48 bits per heavy atom. The van der Waals surface area contributed by atoms with Crippen LogP contribution in [0.1, 0.15) is 26.3 Å². The molecular formula is C20H16N4O3. The normalized spacial score (nSPS) is 10.6. The molecule has 134 valence electrons. The number of carbonyl (C=O) groups is 2. The smallest absolute Gasteiger partial charge is 0.338 e. The molecule has 27 heavy (non-hydrogen) atoms. The van der Waals surface area contributed by atoms with Gasteiger partial charge < -0.3 is 4.84 Å². The van der Waals surface area contributed by atoms with E-state index in [4.69, 9.17) is 4.84 Å². The van der Waals surface area contributed by atoms with Gasteiger partial charge >= 0.3 is 5.97 Å². The number of hydrogen-bond donors (Lipinski definition) is 1. The lowest BCUT2D eigenvalue weighted by Gasteiger charge is -2.07. The fraction of sp³-hybridized carbons (Fsp3) is 0.0500. The maximum absolute atomic E-state index is 12.0. The van der Waals surface area contributed by atoms with Gasteiger partial charge in [0.1, 0.15) is 0 Å². The molecule has 0 aliphatic rings. The molecule has 0 bridgehead atoms. The molecule has 0 fully saturated rings. The number of rotatable bonds is 5. The SMILES string of the molecule is Cc1cccc(C(=O)ONc2ccc(N=NC(=O)c3cccnc3)cc2)c1. The van der Waals surface area contributed by atoms with Crippen LogP contribution in [0.15, 0.2) is 83.3 Å². The number of aryl methyl sites for hydroxylation is 1. The first-order chi connectivity index (χ1) is 13.1. The van der Waals surface area contributed by atoms with Gasteiger partial charge in [0, 0.05) is 12.4 Å². The molecule has 0 aliphatic carbocycles. The number of benzene rings is 2. The highest BCUT2D eigenvalue weighted by Crippen LogP contribution is 2.17. The zero-order valence-electron chi connectivity index (χ0n) is 14.5. The standard InChI is InChI=1S/C20H16N4O3/c1-14-4-2-5-15(12-14)20(26)27-24-18-9-7-17(8-10-18)22-23-19(25)16-6-3-11-21-13-16/h2-13,24H,1H3. The van der Waals surface area contributed by atoms with Gasteiger partial charge in [-0.3, -0.25) is 9.78 Å². The predicted octanol–water partition coefficient (Wildman–Crippen LogP) is 4.50. The maximum atomic E-state index is 12.0. The van der Waals surface area contributed by atoms with E-state index in [1.165, 1.54) is 6.20 Å². The van der Waals surface area contributed by atoms with Crippen LogP contribution < -0.4 is 5.48 Å². The number of azo groups is 1. The quantitative estimate of drug-likeness (QED) is 0.534. The summed E-state index contributed by atoms with van der Waals surface area (Å²) in [6.07, 6.45) is 3.00. The average Bonchev–Trinajstić information content (AvgIpc) is 2.71. The lowest BCUT2D eigenvalue weighted by atomic mass is 10.1. The Kier molecular flexibility index (Phi) is 5.64. The lowest BCUT2D eigenvalue weighted by molar-refractivity contribution is 0.0596. The molecule has 7 nitrogen and oxygen atoms in total. The van der Waals surface area contributed by atoms with Crippen molar-refractivity contribution in [3.8, 4) is 0 Å². The van der Waals surface area contributed by atoms with Crippen molar-refractivity contribution in [3.63, 3.8) is 0 Å². The van der Waals surface area contributed by atoms with Gasteiger partial charge in [-0.1, -0.05) is 17.7 Å². The summed E-state index contributed by atoms with van der Waals surface area (Å²) < 4.78 is 0. The number of carbonyl (C=O) groups excluding carboxylic acids is 2. The molecule has 0 saturated heterocycles. The molecule has 3 aromatic rings. The van der Waals surface area contributed by atoms with E-state index in [0.29, 0.717) is 22.5 Å². The largest absolute Gasteiger partial charge is 0.362 e. The van der Waals surface area contributed by atoms with Crippen LogP contribution >= 0.6 is 0 Å². The minimum Gasteiger partial charge on any atom is -0.338 e. The highest BCUT2D eigenvalue weighted by molar-refractivity contribution is 5.94. The summed E-state index contributed by atoms with van der Waals surface area (Å²) in [7, 11) is 0. The van der Waals surface area contributed by atoms with Crippen molar-refractivity contribution < 1.29 is 14.4 Å². The molecule has 0 aliphatic heterocycles. The van der Waals surface area contributed by atoms with E-state index in [9.17, 15) is 9.59 Å². The van der Waals surface area contributed by atoms with Crippen molar-refractivity contribution in [1.29, 1.82) is 0 Å². The van der Waals surface area contributed by atoms with Crippen LogP contribution in [0.5, 0.6) is 0 Å². The van der Waals surface area contributed by atoms with Crippen LogP contribution in [-0.2, 0) is 4.84 Å². The van der Waals surface area contributed by atoms with Crippen LogP contribution in [0.2, 0.25) is 0 Å². The molecule has 0 radical (unpaired) electrons. The van der Waals surface area contributed by atoms with Crippen molar-refractivity contribution in [2.24, 2.45) is 10.2 Å². The molecule has 1 heterocycles. The zero-order chi connectivity index (χ0) is 19.1. The number of anilines is 1. The molecule has 3 rings (SSSR count). The first-order valence-electron chi connectivity index (χ1n) is 8.12. The van der Waals surface area contributed by atoms with Crippen LogP contribution in [0.25, 0.3) is 0 Å². The molecule has 0 saturated carbocycles. The van der Waals surface area contributed by atoms with Gasteiger partial charge in [-0.05, 0) is 55.5 Å². The summed E-state index contributed by atoms with van der Waals surface area (Å²) in [6.45, 7) is 1.90. The molecule has 0 unspecified atom stereocenters. The van der Waals surface area contributed by atoms with Crippen molar-refractivity contribution in [2.45, 2.75) is 6.92 Å². The number of hydrogen-bond acceptors (Lipinski definition) is 6. The number of pyridine rings is 1. The van der Waals surface area contributed by atoms with E-state index >= 15 is 0 Å². The number of aromatic nitrogens is 1. The van der Waals surface area contributed by atoms with Gasteiger partial charge in [-0.25, -0.2) is 10.3 Å². The minimum atomic E-state index is -0.482. The van der Waals surface area contributed by atoms with Gasteiger partial charge in [0.25, 0.3) is 5.91 Å². The zero-order valence-corrected chi connectivity index (χ0v) is 14.5. The predicted molar refractivity (Wildman–Crippen MR) is 99.7 cm³/mol. The maximum Gasteiger partial charge on any atom is 0.362 e. The molecule has 7 heteroatoms. The van der Waals surface area contributed by atoms with Crippen LogP contribution in [0.4, 0.5) is 11.4 Å². The fourth-order valence-corrected chi connectivity index (χ4v) is 2.18. The number of nitrogens with zero attached hydrogens (tertiary/aromatic N) is 3. The van der Waals surface area contributed by atoms with Gasteiger partial charge in [-0.2, -0.15) is 0 Å². The van der Waals surface area contributed by atoms with Crippen molar-refractivity contribution in [3.05, 3.63) is 89.7 Å². The Hall–Kier alpha value is -3.87. The molecule has 2 aromatic carbocycles. The van der Waals surface area contributed by atoms with E-state index < -0.39 is 11.9 Å². The third-order valence-corrected chi connectivity index (χ3v) is 3.55. The molecule has 0 spiro atoms. The summed E-state index contributed by atoms with van der Waals surface area (Å²) in [4.78, 5) is 32.8. The van der Waals surface area contributed by atoms with Crippen molar-refractivity contribution >= 4 is 23.3 Å². The minimum absolute atomic E-state index is 0.364. The summed E-state index contributed by atoms with van der Waals surface area (Å²) in [5, 5.41) is 7.55. The average molecular weight is 360 g/mol. The van der Waals surface area contributed by atoms with Crippen LogP contribution in [0, 0.1) is 6.92 Å². The molecule has 1 amide bonds. The summed E-state index contributed by atoms with van der Waals surface area (Å²) in [5.41, 5.74) is 5.43. The number of amides is 1. The third-order valence-electron chi connectivity index (χ3n) is 3.55. The Bertz CT molecular complexity index is 970. The second-order valence-electron chi connectivity index (χ2n) is 5.65. The summed E-state index contributed by atoms with van der Waals surface area (Å²) >= 11 is 0. The topological polar surface area (TPSA) is 93.0 Å². The molecule has 0 atom stereocenters.